The SMILES string of the molecule is CCC[N](CCC)[Sn][N](CCC)CCC. The van der Waals surface area contributed by atoms with Gasteiger partial charge in [0.15, 0.2) is 0 Å². The summed E-state index contributed by atoms with van der Waals surface area (Å²) < 4.78 is 5.52. The van der Waals surface area contributed by atoms with Gasteiger partial charge in [0, 0.05) is 0 Å². The summed E-state index contributed by atoms with van der Waals surface area (Å²) in [6.07, 6.45) is 5.25. The molecular weight excluding hydrogens is 291 g/mol. The zero-order chi connectivity index (χ0) is 11.5. The van der Waals surface area contributed by atoms with E-state index < -0.39 is 21.7 Å². The summed E-state index contributed by atoms with van der Waals surface area (Å²) in [5, 5.41) is 0. The van der Waals surface area contributed by atoms with E-state index in [4.69, 9.17) is 0 Å². The summed E-state index contributed by atoms with van der Waals surface area (Å²) in [5.41, 5.74) is 0. The van der Waals surface area contributed by atoms with Crippen LogP contribution in [0.5, 0.6) is 0 Å². The standard InChI is InChI=1S/2C6H14N.Sn/c2*1-3-5-7-6-4-2;/h2*3-6H2,1-2H3;/q2*-1;+2. The van der Waals surface area contributed by atoms with Crippen LogP contribution >= 0.6 is 0 Å². The van der Waals surface area contributed by atoms with Crippen LogP contribution in [0.1, 0.15) is 53.4 Å². The fourth-order valence-electron chi connectivity index (χ4n) is 1.70. The van der Waals surface area contributed by atoms with E-state index in [0.717, 1.165) is 0 Å². The predicted octanol–water partition coefficient (Wildman–Crippen LogP) is 2.76. The molecule has 2 nitrogen and oxygen atoms in total. The van der Waals surface area contributed by atoms with Gasteiger partial charge in [0.2, 0.25) is 0 Å². The molecule has 0 aliphatic heterocycles. The van der Waals surface area contributed by atoms with Crippen molar-refractivity contribution >= 4 is 21.7 Å². The van der Waals surface area contributed by atoms with E-state index in [1.807, 2.05) is 0 Å². The molecular formula is C12H28N2Sn. The molecule has 0 aromatic rings. The summed E-state index contributed by atoms with van der Waals surface area (Å²) in [7, 11) is 0. The van der Waals surface area contributed by atoms with Crippen LogP contribution in [0.4, 0.5) is 0 Å². The van der Waals surface area contributed by atoms with E-state index in [9.17, 15) is 0 Å². The topological polar surface area (TPSA) is 6.48 Å². The Morgan fingerprint density at radius 3 is 1.07 bits per heavy atom. The van der Waals surface area contributed by atoms with Crippen LogP contribution in [0.3, 0.4) is 0 Å². The second kappa shape index (κ2) is 11.2. The number of hydrogen-bond acceptors (Lipinski definition) is 2. The number of hydrogen-bond donors (Lipinski definition) is 0. The Morgan fingerprint density at radius 1 is 0.600 bits per heavy atom. The van der Waals surface area contributed by atoms with Gasteiger partial charge in [0.05, 0.1) is 0 Å². The molecule has 3 heteroatoms. The van der Waals surface area contributed by atoms with Crippen LogP contribution in [0.15, 0.2) is 0 Å². The normalized spacial score (nSPS) is 11.6. The van der Waals surface area contributed by atoms with Crippen LogP contribution in [0, 0.1) is 0 Å². The van der Waals surface area contributed by atoms with Gasteiger partial charge in [-0.3, -0.25) is 0 Å². The van der Waals surface area contributed by atoms with Crippen molar-refractivity contribution in [2.75, 3.05) is 26.2 Å². The summed E-state index contributed by atoms with van der Waals surface area (Å²) in [4.78, 5) is 0. The maximum atomic E-state index is 2.76. The summed E-state index contributed by atoms with van der Waals surface area (Å²) in [6, 6.07) is 0. The minimum absolute atomic E-state index is 0.431. The molecule has 0 aromatic heterocycles. The Hall–Kier alpha value is 0.719. The van der Waals surface area contributed by atoms with Gasteiger partial charge in [0.1, 0.15) is 0 Å². The first-order chi connectivity index (χ1) is 7.28. The van der Waals surface area contributed by atoms with E-state index in [-0.39, 0.29) is 0 Å². The van der Waals surface area contributed by atoms with Gasteiger partial charge < -0.3 is 0 Å². The molecule has 0 unspecified atom stereocenters. The van der Waals surface area contributed by atoms with Crippen molar-refractivity contribution < 1.29 is 0 Å². The van der Waals surface area contributed by atoms with E-state index in [0.29, 0.717) is 0 Å². The van der Waals surface area contributed by atoms with Crippen molar-refractivity contribution in [1.29, 1.82) is 0 Å². The minimum atomic E-state index is -0.431. The Labute approximate surface area is 107 Å². The third-order valence-corrected chi connectivity index (χ3v) is 6.42. The average molecular weight is 319 g/mol. The van der Waals surface area contributed by atoms with Crippen molar-refractivity contribution in [1.82, 2.24) is 6.24 Å². The van der Waals surface area contributed by atoms with Gasteiger partial charge in [-0.15, -0.1) is 0 Å². The number of rotatable bonds is 10. The molecule has 0 rings (SSSR count). The molecule has 0 saturated heterocycles. The van der Waals surface area contributed by atoms with E-state index in [2.05, 4.69) is 33.9 Å². The Morgan fingerprint density at radius 2 is 0.867 bits per heavy atom. The molecule has 0 spiro atoms. The van der Waals surface area contributed by atoms with Crippen molar-refractivity contribution in [2.24, 2.45) is 0 Å². The molecule has 0 atom stereocenters. The zero-order valence-corrected chi connectivity index (χ0v) is 13.9. The number of nitrogens with zero attached hydrogens (tertiary/aromatic N) is 2. The van der Waals surface area contributed by atoms with Crippen LogP contribution < -0.4 is 0 Å². The molecule has 90 valence electrons. The molecule has 0 aliphatic rings. The maximum absolute atomic E-state index is 2.76. The van der Waals surface area contributed by atoms with Crippen LogP contribution in [0.2, 0.25) is 0 Å². The van der Waals surface area contributed by atoms with E-state index in [1.165, 1.54) is 51.9 Å². The summed E-state index contributed by atoms with van der Waals surface area (Å²) in [6.45, 7) is 14.5. The third kappa shape index (κ3) is 8.52. The van der Waals surface area contributed by atoms with E-state index >= 15 is 0 Å². The first-order valence-electron chi connectivity index (χ1n) is 6.54. The van der Waals surface area contributed by atoms with Gasteiger partial charge in [-0.2, -0.15) is 0 Å². The molecule has 2 radical (unpaired) electrons. The van der Waals surface area contributed by atoms with Gasteiger partial charge in [-0.05, 0) is 0 Å². The second-order valence-corrected chi connectivity index (χ2v) is 8.26. The monoisotopic (exact) mass is 320 g/mol. The fraction of sp³-hybridized carbons (Fsp3) is 1.00. The zero-order valence-electron chi connectivity index (χ0n) is 11.1. The summed E-state index contributed by atoms with van der Waals surface area (Å²) >= 11 is -0.431. The molecule has 0 fully saturated rings. The van der Waals surface area contributed by atoms with Crippen molar-refractivity contribution in [3.8, 4) is 0 Å². The summed E-state index contributed by atoms with van der Waals surface area (Å²) in [5.74, 6) is 0. The Kier molecular flexibility index (Phi) is 11.7. The second-order valence-electron chi connectivity index (χ2n) is 4.07. The Bertz CT molecular complexity index is 105. The van der Waals surface area contributed by atoms with Crippen LogP contribution in [-0.4, -0.2) is 54.1 Å². The van der Waals surface area contributed by atoms with Crippen molar-refractivity contribution in [2.45, 2.75) is 53.4 Å². The third-order valence-electron chi connectivity index (χ3n) is 2.26. The first-order valence-corrected chi connectivity index (χ1v) is 9.09. The first kappa shape index (κ1) is 15.7. The van der Waals surface area contributed by atoms with Crippen LogP contribution in [-0.2, 0) is 0 Å². The van der Waals surface area contributed by atoms with Gasteiger partial charge in [-0.1, -0.05) is 0 Å². The van der Waals surface area contributed by atoms with Crippen LogP contribution in [0.25, 0.3) is 0 Å². The van der Waals surface area contributed by atoms with Crippen molar-refractivity contribution in [3.63, 3.8) is 0 Å². The van der Waals surface area contributed by atoms with Gasteiger partial charge in [0.25, 0.3) is 0 Å². The fourth-order valence-corrected chi connectivity index (χ4v) is 6.54. The molecule has 0 heterocycles. The van der Waals surface area contributed by atoms with Crippen molar-refractivity contribution in [3.05, 3.63) is 0 Å². The molecule has 0 N–H and O–H groups in total. The molecule has 0 bridgehead atoms. The molecule has 0 aliphatic carbocycles. The van der Waals surface area contributed by atoms with Gasteiger partial charge >= 0.3 is 107 Å². The predicted molar refractivity (Wildman–Crippen MR) is 70.1 cm³/mol. The molecule has 15 heavy (non-hydrogen) atoms. The quantitative estimate of drug-likeness (QED) is 0.571. The average Bonchev–Trinajstić information content (AvgIpc) is 2.19. The molecule has 0 saturated carbocycles. The van der Waals surface area contributed by atoms with E-state index in [1.54, 1.807) is 0 Å². The molecule has 0 aromatic carbocycles. The Balaban J connectivity index is 3.93. The molecule has 0 amide bonds. The van der Waals surface area contributed by atoms with Gasteiger partial charge in [-0.25, -0.2) is 0 Å².